The number of carbonyl (C=O) groups excluding carboxylic acids is 1. The van der Waals surface area contributed by atoms with Crippen LogP contribution in [0.3, 0.4) is 0 Å². The molecule has 0 saturated carbocycles. The fraction of sp³-hybridized carbons (Fsp3) is 0.133. The van der Waals surface area contributed by atoms with E-state index in [1.807, 2.05) is 31.2 Å². The summed E-state index contributed by atoms with van der Waals surface area (Å²) in [4.78, 5) is 19.5. The van der Waals surface area contributed by atoms with Crippen LogP contribution < -0.4 is 5.32 Å². The Hall–Kier alpha value is -2.20. The quantitative estimate of drug-likeness (QED) is 0.883. The van der Waals surface area contributed by atoms with Gasteiger partial charge < -0.3 is 5.32 Å². The number of halogens is 1. The first kappa shape index (κ1) is 14.2. The first-order chi connectivity index (χ1) is 9.60. The number of carbonyl (C=O) groups is 1. The van der Waals surface area contributed by atoms with Crippen LogP contribution in [0.1, 0.15) is 27.2 Å². The number of nitrogens with one attached hydrogen (secondary N) is 1. The molecule has 1 aromatic carbocycles. The molecule has 0 unspecified atom stereocenters. The van der Waals surface area contributed by atoms with Crippen LogP contribution >= 0.6 is 11.6 Å². The summed E-state index contributed by atoms with van der Waals surface area (Å²) in [5.41, 5.74) is 3.34. The molecule has 5 heteroatoms. The van der Waals surface area contributed by atoms with Crippen molar-refractivity contribution in [1.82, 2.24) is 15.3 Å². The van der Waals surface area contributed by atoms with Crippen molar-refractivity contribution in [3.63, 3.8) is 0 Å². The van der Waals surface area contributed by atoms with Crippen molar-refractivity contribution in [2.75, 3.05) is 7.05 Å². The van der Waals surface area contributed by atoms with Gasteiger partial charge in [-0.05, 0) is 47.9 Å². The van der Waals surface area contributed by atoms with Gasteiger partial charge in [0, 0.05) is 18.8 Å². The topological polar surface area (TPSA) is 54.9 Å². The van der Waals surface area contributed by atoms with E-state index in [1.54, 1.807) is 25.4 Å². The van der Waals surface area contributed by atoms with Crippen LogP contribution in [0.5, 0.6) is 0 Å². The molecule has 0 aliphatic heterocycles. The second-order valence-electron chi connectivity index (χ2n) is 4.24. The minimum Gasteiger partial charge on any atom is -0.355 e. The molecule has 1 N–H and O–H groups in total. The van der Waals surface area contributed by atoms with Crippen molar-refractivity contribution in [2.24, 2.45) is 0 Å². The minimum absolute atomic E-state index is 0.0982. The zero-order chi connectivity index (χ0) is 14.5. The lowest BCUT2D eigenvalue weighted by Crippen LogP contribution is -2.17. The number of aryl methyl sites for hydroxylation is 1. The number of aromatic nitrogens is 2. The lowest BCUT2D eigenvalue weighted by atomic mass is 10.1. The van der Waals surface area contributed by atoms with Crippen LogP contribution in [0, 0.1) is 6.92 Å². The number of hydrogen-bond acceptors (Lipinski definition) is 3. The third-order valence-corrected chi connectivity index (χ3v) is 3.00. The molecule has 4 nitrogen and oxygen atoms in total. The van der Waals surface area contributed by atoms with Crippen LogP contribution in [0.2, 0.25) is 5.28 Å². The maximum absolute atomic E-state index is 11.4. The second kappa shape index (κ2) is 6.30. The van der Waals surface area contributed by atoms with Gasteiger partial charge in [-0.25, -0.2) is 9.97 Å². The van der Waals surface area contributed by atoms with Gasteiger partial charge in [0.2, 0.25) is 5.28 Å². The number of benzene rings is 1. The highest BCUT2D eigenvalue weighted by molar-refractivity contribution is 6.28. The number of hydrogen-bond donors (Lipinski definition) is 1. The molecule has 0 spiro atoms. The lowest BCUT2D eigenvalue weighted by Gasteiger charge is -2.01. The zero-order valence-corrected chi connectivity index (χ0v) is 12.0. The van der Waals surface area contributed by atoms with Crippen LogP contribution in [-0.2, 0) is 0 Å². The third-order valence-electron chi connectivity index (χ3n) is 2.82. The summed E-state index contributed by atoms with van der Waals surface area (Å²) < 4.78 is 0. The SMILES string of the molecule is CNC(=O)c1ccc(/C=C/c2nc(Cl)ncc2C)cc1. The molecular weight excluding hydrogens is 274 g/mol. The zero-order valence-electron chi connectivity index (χ0n) is 11.2. The van der Waals surface area contributed by atoms with Gasteiger partial charge in [0.25, 0.3) is 5.91 Å². The van der Waals surface area contributed by atoms with Gasteiger partial charge in [-0.15, -0.1) is 0 Å². The fourth-order valence-electron chi connectivity index (χ4n) is 1.67. The number of nitrogens with zero attached hydrogens (tertiary/aromatic N) is 2. The Bertz CT molecular complexity index is 651. The van der Waals surface area contributed by atoms with Crippen molar-refractivity contribution in [2.45, 2.75) is 6.92 Å². The highest BCUT2D eigenvalue weighted by Crippen LogP contribution is 2.12. The Balaban J connectivity index is 2.19. The molecular formula is C15H14ClN3O. The molecule has 0 aliphatic carbocycles. The van der Waals surface area contributed by atoms with Crippen molar-refractivity contribution < 1.29 is 4.79 Å². The summed E-state index contributed by atoms with van der Waals surface area (Å²) in [7, 11) is 1.61. The van der Waals surface area contributed by atoms with Gasteiger partial charge in [0.15, 0.2) is 0 Å². The maximum atomic E-state index is 11.4. The first-order valence-electron chi connectivity index (χ1n) is 6.09. The molecule has 0 saturated heterocycles. The monoisotopic (exact) mass is 287 g/mol. The van der Waals surface area contributed by atoms with Crippen LogP contribution in [0.4, 0.5) is 0 Å². The Morgan fingerprint density at radius 1 is 1.25 bits per heavy atom. The standard InChI is InChI=1S/C15H14ClN3O/c1-10-9-18-15(16)19-13(10)8-5-11-3-6-12(7-4-11)14(20)17-2/h3-9H,1-2H3,(H,17,20)/b8-5+. The predicted octanol–water partition coefficient (Wildman–Crippen LogP) is 2.97. The molecule has 102 valence electrons. The first-order valence-corrected chi connectivity index (χ1v) is 6.47. The molecule has 2 rings (SSSR count). The Kier molecular flexibility index (Phi) is 4.48. The Morgan fingerprint density at radius 3 is 2.60 bits per heavy atom. The minimum atomic E-state index is -0.0982. The second-order valence-corrected chi connectivity index (χ2v) is 4.58. The van der Waals surface area contributed by atoms with Crippen LogP contribution in [0.25, 0.3) is 12.2 Å². The summed E-state index contributed by atoms with van der Waals surface area (Å²) >= 11 is 5.77. The summed E-state index contributed by atoms with van der Waals surface area (Å²) in [6.07, 6.45) is 5.47. The maximum Gasteiger partial charge on any atom is 0.251 e. The average molecular weight is 288 g/mol. The Morgan fingerprint density at radius 2 is 1.95 bits per heavy atom. The molecule has 2 aromatic rings. The molecule has 1 amide bonds. The largest absolute Gasteiger partial charge is 0.355 e. The smallest absolute Gasteiger partial charge is 0.251 e. The van der Waals surface area contributed by atoms with Gasteiger partial charge in [-0.3, -0.25) is 4.79 Å². The molecule has 0 fully saturated rings. The van der Waals surface area contributed by atoms with E-state index < -0.39 is 0 Å². The Labute approximate surface area is 122 Å². The van der Waals surface area contributed by atoms with E-state index in [1.165, 1.54) is 0 Å². The fourth-order valence-corrected chi connectivity index (χ4v) is 1.81. The summed E-state index contributed by atoms with van der Waals surface area (Å²) in [5, 5.41) is 2.81. The van der Waals surface area contributed by atoms with E-state index >= 15 is 0 Å². The molecule has 0 aliphatic rings. The molecule has 0 radical (unpaired) electrons. The van der Waals surface area contributed by atoms with Gasteiger partial charge in [-0.1, -0.05) is 18.2 Å². The summed E-state index contributed by atoms with van der Waals surface area (Å²) in [5.74, 6) is -0.0982. The predicted molar refractivity (Wildman–Crippen MR) is 80.5 cm³/mol. The lowest BCUT2D eigenvalue weighted by molar-refractivity contribution is 0.0963. The number of amides is 1. The van der Waals surface area contributed by atoms with Crippen LogP contribution in [-0.4, -0.2) is 22.9 Å². The van der Waals surface area contributed by atoms with Gasteiger partial charge in [0.05, 0.1) is 5.69 Å². The molecule has 1 aromatic heterocycles. The molecule has 1 heterocycles. The van der Waals surface area contributed by atoms with E-state index in [4.69, 9.17) is 11.6 Å². The average Bonchev–Trinajstić information content (AvgIpc) is 2.48. The molecule has 0 atom stereocenters. The highest BCUT2D eigenvalue weighted by atomic mass is 35.5. The van der Waals surface area contributed by atoms with E-state index in [0.717, 1.165) is 16.8 Å². The van der Waals surface area contributed by atoms with Gasteiger partial charge in [0.1, 0.15) is 0 Å². The van der Waals surface area contributed by atoms with Gasteiger partial charge in [-0.2, -0.15) is 0 Å². The number of rotatable bonds is 3. The van der Waals surface area contributed by atoms with E-state index in [-0.39, 0.29) is 11.2 Å². The summed E-state index contributed by atoms with van der Waals surface area (Å²) in [6.45, 7) is 1.92. The van der Waals surface area contributed by atoms with Crippen molar-refractivity contribution >= 4 is 29.7 Å². The molecule has 0 bridgehead atoms. The highest BCUT2D eigenvalue weighted by Gasteiger charge is 2.01. The third kappa shape index (κ3) is 3.42. The van der Waals surface area contributed by atoms with E-state index in [0.29, 0.717) is 5.56 Å². The van der Waals surface area contributed by atoms with Crippen molar-refractivity contribution in [3.05, 3.63) is 58.1 Å². The normalized spacial score (nSPS) is 10.8. The van der Waals surface area contributed by atoms with E-state index in [2.05, 4.69) is 15.3 Å². The van der Waals surface area contributed by atoms with Crippen molar-refractivity contribution in [1.29, 1.82) is 0 Å². The summed E-state index contributed by atoms with van der Waals surface area (Å²) in [6, 6.07) is 7.30. The molecule has 20 heavy (non-hydrogen) atoms. The van der Waals surface area contributed by atoms with Crippen molar-refractivity contribution in [3.8, 4) is 0 Å². The van der Waals surface area contributed by atoms with E-state index in [9.17, 15) is 4.79 Å². The van der Waals surface area contributed by atoms with Gasteiger partial charge >= 0.3 is 0 Å². The van der Waals surface area contributed by atoms with Crippen LogP contribution in [0.15, 0.2) is 30.5 Å².